The van der Waals surface area contributed by atoms with Crippen molar-refractivity contribution >= 4 is 18.7 Å². The van der Waals surface area contributed by atoms with Crippen LogP contribution in [-0.4, -0.2) is 12.4 Å². The fourth-order valence-electron chi connectivity index (χ4n) is 1.12. The molecule has 0 heterocycles. The third-order valence-electron chi connectivity index (χ3n) is 1.62. The minimum atomic E-state index is -0.283. The molecule has 0 amide bonds. The fourth-order valence-corrected chi connectivity index (χ4v) is 1.22. The van der Waals surface area contributed by atoms with Gasteiger partial charge in [-0.05, 0) is 24.6 Å². The summed E-state index contributed by atoms with van der Waals surface area (Å²) in [6.45, 7) is 2.41. The van der Waals surface area contributed by atoms with E-state index in [9.17, 15) is 4.39 Å². The van der Waals surface area contributed by atoms with Crippen LogP contribution in [-0.2, 0) is 0 Å². The maximum Gasteiger partial charge on any atom is 0.127 e. The van der Waals surface area contributed by atoms with Crippen molar-refractivity contribution in [3.63, 3.8) is 0 Å². The monoisotopic (exact) mass is 212 g/mol. The molecule has 1 aromatic carbocycles. The van der Waals surface area contributed by atoms with Crippen LogP contribution in [0.5, 0.6) is 5.75 Å². The second kappa shape index (κ2) is 5.70. The van der Waals surface area contributed by atoms with E-state index in [0.717, 1.165) is 5.56 Å². The lowest BCUT2D eigenvalue weighted by atomic mass is 10.2. The second-order valence-electron chi connectivity index (χ2n) is 2.74. The number of hydrogen-bond acceptors (Lipinski definition) is 2. The Kier molecular flexibility index (Phi) is 4.53. The minimum Gasteiger partial charge on any atom is -0.494 e. The van der Waals surface area contributed by atoms with Crippen LogP contribution in [0.1, 0.15) is 12.5 Å². The standard InChI is InChI=1S/C11H13FOS/c1-2-13-11-7-9(4-3-5-14)6-10(12)8-11/h3-4,6-8,14H,2,5H2,1H3. The Labute approximate surface area is 89.0 Å². The van der Waals surface area contributed by atoms with Gasteiger partial charge in [-0.1, -0.05) is 12.2 Å². The van der Waals surface area contributed by atoms with Crippen molar-refractivity contribution in [2.24, 2.45) is 0 Å². The molecule has 0 aliphatic carbocycles. The Morgan fingerprint density at radius 3 is 2.86 bits per heavy atom. The molecule has 0 spiro atoms. The molecular weight excluding hydrogens is 199 g/mol. The Morgan fingerprint density at radius 1 is 1.43 bits per heavy atom. The number of hydrogen-bond donors (Lipinski definition) is 1. The molecule has 0 unspecified atom stereocenters. The van der Waals surface area contributed by atoms with Gasteiger partial charge in [0.1, 0.15) is 11.6 Å². The quantitative estimate of drug-likeness (QED) is 0.754. The van der Waals surface area contributed by atoms with E-state index in [2.05, 4.69) is 12.6 Å². The highest BCUT2D eigenvalue weighted by Crippen LogP contribution is 2.17. The molecule has 0 saturated heterocycles. The topological polar surface area (TPSA) is 9.23 Å². The first kappa shape index (κ1) is 11.1. The highest BCUT2D eigenvalue weighted by molar-refractivity contribution is 7.80. The Balaban J connectivity index is 2.89. The van der Waals surface area contributed by atoms with Crippen molar-refractivity contribution in [2.75, 3.05) is 12.4 Å². The predicted octanol–water partition coefficient (Wildman–Crippen LogP) is 3.17. The maximum atomic E-state index is 13.0. The van der Waals surface area contributed by atoms with Gasteiger partial charge < -0.3 is 4.74 Å². The van der Waals surface area contributed by atoms with Crippen LogP contribution < -0.4 is 4.74 Å². The van der Waals surface area contributed by atoms with Crippen molar-refractivity contribution < 1.29 is 9.13 Å². The molecule has 0 aliphatic heterocycles. The molecule has 14 heavy (non-hydrogen) atoms. The van der Waals surface area contributed by atoms with Gasteiger partial charge in [-0.3, -0.25) is 0 Å². The summed E-state index contributed by atoms with van der Waals surface area (Å²) < 4.78 is 18.3. The van der Waals surface area contributed by atoms with E-state index in [1.807, 2.05) is 19.1 Å². The summed E-state index contributed by atoms with van der Waals surface area (Å²) in [6, 6.07) is 4.64. The molecule has 76 valence electrons. The molecule has 0 aromatic heterocycles. The lowest BCUT2D eigenvalue weighted by molar-refractivity contribution is 0.338. The Morgan fingerprint density at radius 2 is 2.21 bits per heavy atom. The maximum absolute atomic E-state index is 13.0. The molecule has 1 aromatic rings. The first-order chi connectivity index (χ1) is 6.76. The van der Waals surface area contributed by atoms with Crippen LogP contribution in [0.25, 0.3) is 6.08 Å². The lowest BCUT2D eigenvalue weighted by Gasteiger charge is -2.04. The van der Waals surface area contributed by atoms with Gasteiger partial charge in [0.25, 0.3) is 0 Å². The normalized spacial score (nSPS) is 10.8. The predicted molar refractivity (Wildman–Crippen MR) is 60.5 cm³/mol. The average Bonchev–Trinajstić information content (AvgIpc) is 2.14. The third kappa shape index (κ3) is 3.42. The van der Waals surface area contributed by atoms with Crippen LogP contribution >= 0.6 is 12.6 Å². The first-order valence-corrected chi connectivity index (χ1v) is 5.10. The molecule has 0 aliphatic rings. The molecule has 0 saturated carbocycles. The van der Waals surface area contributed by atoms with Crippen molar-refractivity contribution in [1.29, 1.82) is 0 Å². The Bertz CT molecular complexity index is 323. The smallest absolute Gasteiger partial charge is 0.127 e. The van der Waals surface area contributed by atoms with E-state index in [4.69, 9.17) is 4.74 Å². The first-order valence-electron chi connectivity index (χ1n) is 4.47. The minimum absolute atomic E-state index is 0.283. The van der Waals surface area contributed by atoms with Gasteiger partial charge in [0.05, 0.1) is 6.61 Å². The van der Waals surface area contributed by atoms with Gasteiger partial charge in [-0.15, -0.1) is 0 Å². The van der Waals surface area contributed by atoms with Crippen LogP contribution in [0.3, 0.4) is 0 Å². The van der Waals surface area contributed by atoms with Gasteiger partial charge in [0.15, 0.2) is 0 Å². The summed E-state index contributed by atoms with van der Waals surface area (Å²) >= 11 is 4.03. The molecule has 3 heteroatoms. The van der Waals surface area contributed by atoms with Crippen LogP contribution in [0.2, 0.25) is 0 Å². The number of thiol groups is 1. The summed E-state index contributed by atoms with van der Waals surface area (Å²) in [5.74, 6) is 0.918. The zero-order valence-electron chi connectivity index (χ0n) is 8.03. The van der Waals surface area contributed by atoms with E-state index < -0.39 is 0 Å². The van der Waals surface area contributed by atoms with Crippen molar-refractivity contribution in [1.82, 2.24) is 0 Å². The van der Waals surface area contributed by atoms with Crippen molar-refractivity contribution in [2.45, 2.75) is 6.92 Å². The molecular formula is C11H13FOS. The van der Waals surface area contributed by atoms with Gasteiger partial charge in [-0.2, -0.15) is 12.6 Å². The number of halogens is 1. The molecule has 0 radical (unpaired) electrons. The highest BCUT2D eigenvalue weighted by Gasteiger charge is 1.98. The lowest BCUT2D eigenvalue weighted by Crippen LogP contribution is -1.92. The fraction of sp³-hybridized carbons (Fsp3) is 0.273. The average molecular weight is 212 g/mol. The van der Waals surface area contributed by atoms with Gasteiger partial charge in [0.2, 0.25) is 0 Å². The molecule has 1 nitrogen and oxygen atoms in total. The number of benzene rings is 1. The summed E-state index contributed by atoms with van der Waals surface area (Å²) in [7, 11) is 0. The van der Waals surface area contributed by atoms with E-state index in [-0.39, 0.29) is 5.82 Å². The number of rotatable bonds is 4. The molecule has 0 atom stereocenters. The van der Waals surface area contributed by atoms with Crippen molar-refractivity contribution in [3.05, 3.63) is 35.7 Å². The SMILES string of the molecule is CCOc1cc(F)cc(C=CCS)c1. The van der Waals surface area contributed by atoms with Crippen molar-refractivity contribution in [3.8, 4) is 5.75 Å². The third-order valence-corrected chi connectivity index (χ3v) is 1.83. The molecule has 0 N–H and O–H groups in total. The van der Waals surface area contributed by atoms with Gasteiger partial charge in [0, 0.05) is 11.8 Å². The number of ether oxygens (including phenoxy) is 1. The van der Waals surface area contributed by atoms with Gasteiger partial charge >= 0.3 is 0 Å². The zero-order chi connectivity index (χ0) is 10.4. The van der Waals surface area contributed by atoms with E-state index in [1.54, 1.807) is 6.07 Å². The largest absolute Gasteiger partial charge is 0.494 e. The van der Waals surface area contributed by atoms with Crippen LogP contribution in [0.15, 0.2) is 24.3 Å². The highest BCUT2D eigenvalue weighted by atomic mass is 32.1. The van der Waals surface area contributed by atoms with E-state index >= 15 is 0 Å². The van der Waals surface area contributed by atoms with E-state index in [1.165, 1.54) is 12.1 Å². The van der Waals surface area contributed by atoms with Gasteiger partial charge in [-0.25, -0.2) is 4.39 Å². The summed E-state index contributed by atoms with van der Waals surface area (Å²) in [5.41, 5.74) is 0.794. The van der Waals surface area contributed by atoms with E-state index in [0.29, 0.717) is 18.1 Å². The summed E-state index contributed by atoms with van der Waals surface area (Å²) in [5, 5.41) is 0. The van der Waals surface area contributed by atoms with Crippen LogP contribution in [0.4, 0.5) is 4.39 Å². The molecule has 0 bridgehead atoms. The Hall–Kier alpha value is -0.960. The molecule has 0 fully saturated rings. The molecule has 1 rings (SSSR count). The van der Waals surface area contributed by atoms with Crippen LogP contribution in [0, 0.1) is 5.82 Å². The summed E-state index contributed by atoms with van der Waals surface area (Å²) in [6.07, 6.45) is 3.67. The zero-order valence-corrected chi connectivity index (χ0v) is 8.93. The second-order valence-corrected chi connectivity index (χ2v) is 3.10. The summed E-state index contributed by atoms with van der Waals surface area (Å²) in [4.78, 5) is 0.